The van der Waals surface area contributed by atoms with Gasteiger partial charge in [0.25, 0.3) is 0 Å². The number of aliphatic carboxylic acids is 8. The summed E-state index contributed by atoms with van der Waals surface area (Å²) in [5, 5.41) is 83.3. The van der Waals surface area contributed by atoms with Crippen LogP contribution in [0.4, 0.5) is 0 Å². The number of rotatable bonds is 32. The topological polar surface area (TPSA) is 409 Å². The maximum atomic E-state index is 12.8. The number of benzene rings is 8. The largest absolute Gasteiger partial charge is 0.497 e. The molecule has 0 aromatic heterocycles. The first-order valence-corrected chi connectivity index (χ1v) is 30.0. The highest BCUT2D eigenvalue weighted by molar-refractivity contribution is 5.76. The molecule has 8 aromatic carbocycles. The van der Waals surface area contributed by atoms with E-state index >= 15 is 0 Å². The van der Waals surface area contributed by atoms with Crippen LogP contribution >= 0.6 is 0 Å². The van der Waals surface area contributed by atoms with Gasteiger partial charge < -0.3 is 97.7 Å². The Labute approximate surface area is 568 Å². The smallest absolute Gasteiger partial charge is 0.341 e. The highest BCUT2D eigenvalue weighted by Crippen LogP contribution is 2.55. The van der Waals surface area contributed by atoms with E-state index in [-0.39, 0.29) is 113 Å². The molecular formula is C72H64O28. The Morgan fingerprint density at radius 2 is 0.360 bits per heavy atom. The highest BCUT2D eigenvalue weighted by Gasteiger charge is 2.38. The molecule has 0 aliphatic heterocycles. The molecule has 100 heavy (non-hydrogen) atoms. The SMILES string of the molecule is COc1ccc(C2c3cc(c(OCC(=O)O)cc3OCC(=O)O)C(c3ccc(OC)cc3)c3cc(c(OCC(=O)O)cc3OCC(=O)O)C(c3ccc(OC)cc3)c3cc(c(OCC(=O)O)cc3OCC(=O)O)C(c3ccc(OC)cc3)c3cc2c(OCC(=O)O)cc3OCC(=O)O)cc1. The van der Waals surface area contributed by atoms with Gasteiger partial charge in [-0.15, -0.1) is 0 Å². The van der Waals surface area contributed by atoms with Crippen molar-refractivity contribution in [1.29, 1.82) is 0 Å². The molecule has 0 saturated heterocycles. The fourth-order valence-electron chi connectivity index (χ4n) is 11.6. The van der Waals surface area contributed by atoms with Crippen molar-refractivity contribution in [2.24, 2.45) is 0 Å². The fourth-order valence-corrected chi connectivity index (χ4v) is 11.6. The second-order valence-corrected chi connectivity index (χ2v) is 22.0. The lowest BCUT2D eigenvalue weighted by molar-refractivity contribution is -0.140. The van der Waals surface area contributed by atoms with Crippen molar-refractivity contribution in [3.05, 3.63) is 212 Å². The molecule has 8 bridgehead atoms. The van der Waals surface area contributed by atoms with Crippen molar-refractivity contribution in [2.45, 2.75) is 23.7 Å². The molecule has 0 spiro atoms. The van der Waals surface area contributed by atoms with E-state index in [0.717, 1.165) is 0 Å². The minimum atomic E-state index is -1.51. The van der Waals surface area contributed by atoms with Crippen molar-refractivity contribution in [3.63, 3.8) is 0 Å². The van der Waals surface area contributed by atoms with Crippen LogP contribution in [0.1, 0.15) is 90.4 Å². The summed E-state index contributed by atoms with van der Waals surface area (Å²) in [5.41, 5.74) is 0.838. The predicted molar refractivity (Wildman–Crippen MR) is 347 cm³/mol. The van der Waals surface area contributed by atoms with Crippen LogP contribution in [-0.4, -0.2) is 170 Å². The van der Waals surface area contributed by atoms with Crippen LogP contribution in [0.5, 0.6) is 69.0 Å². The van der Waals surface area contributed by atoms with Gasteiger partial charge in [0.15, 0.2) is 52.9 Å². The van der Waals surface area contributed by atoms with Gasteiger partial charge in [0.05, 0.1) is 28.4 Å². The first-order valence-electron chi connectivity index (χ1n) is 30.0. The third-order valence-corrected chi connectivity index (χ3v) is 15.7. The number of fused-ring (bicyclic) bond motifs is 8. The maximum Gasteiger partial charge on any atom is 0.341 e. The summed E-state index contributed by atoms with van der Waals surface area (Å²) >= 11 is 0. The lowest BCUT2D eigenvalue weighted by Crippen LogP contribution is -2.20. The lowest BCUT2D eigenvalue weighted by atomic mass is 9.75. The van der Waals surface area contributed by atoms with Gasteiger partial charge in [0.1, 0.15) is 69.0 Å². The van der Waals surface area contributed by atoms with Gasteiger partial charge in [-0.05, 0) is 95.1 Å². The van der Waals surface area contributed by atoms with Gasteiger partial charge in [-0.3, -0.25) is 0 Å². The normalized spacial score (nSPS) is 14.4. The minimum Gasteiger partial charge on any atom is -0.497 e. The summed E-state index contributed by atoms with van der Waals surface area (Å²) in [7, 11) is 5.59. The summed E-state index contributed by atoms with van der Waals surface area (Å²) in [6.07, 6.45) is 0. The zero-order chi connectivity index (χ0) is 71.9. The summed E-state index contributed by atoms with van der Waals surface area (Å²) < 4.78 is 72.4. The molecular weight excluding hydrogens is 1310 g/mol. The fraction of sp³-hybridized carbons (Fsp3) is 0.222. The van der Waals surface area contributed by atoms with Crippen LogP contribution in [-0.2, 0) is 38.4 Å². The lowest BCUT2D eigenvalue weighted by Gasteiger charge is -2.32. The molecule has 520 valence electrons. The highest BCUT2D eigenvalue weighted by atomic mass is 16.5. The first-order chi connectivity index (χ1) is 48.0. The molecule has 9 rings (SSSR count). The van der Waals surface area contributed by atoms with E-state index in [4.69, 9.17) is 56.8 Å². The zero-order valence-corrected chi connectivity index (χ0v) is 53.6. The van der Waals surface area contributed by atoms with Gasteiger partial charge >= 0.3 is 47.8 Å². The Hall–Kier alpha value is -12.9. The average Bonchev–Trinajstić information content (AvgIpc) is 0.736. The summed E-state index contributed by atoms with van der Waals surface area (Å²) in [5.74, 6) is -19.2. The van der Waals surface area contributed by atoms with Crippen molar-refractivity contribution < 1.29 is 136 Å². The molecule has 0 amide bonds. The van der Waals surface area contributed by atoms with E-state index in [1.807, 2.05) is 0 Å². The number of ether oxygens (including phenoxy) is 12. The van der Waals surface area contributed by atoms with Crippen LogP contribution in [0, 0.1) is 0 Å². The molecule has 28 nitrogen and oxygen atoms in total. The quantitative estimate of drug-likeness (QED) is 0.0196. The Morgan fingerprint density at radius 3 is 0.470 bits per heavy atom. The van der Waals surface area contributed by atoms with Crippen LogP contribution < -0.4 is 56.8 Å². The number of hydrogen-bond donors (Lipinski definition) is 8. The second-order valence-electron chi connectivity index (χ2n) is 22.0. The molecule has 0 fully saturated rings. The molecule has 8 aromatic rings. The van der Waals surface area contributed by atoms with Gasteiger partial charge in [0.2, 0.25) is 0 Å². The summed E-state index contributed by atoms with van der Waals surface area (Å²) in [6, 6.07) is 35.9. The van der Waals surface area contributed by atoms with E-state index in [1.165, 1.54) is 77.0 Å². The Kier molecular flexibility index (Phi) is 23.0. The molecule has 28 heteroatoms. The van der Waals surface area contributed by atoms with E-state index < -0.39 is 124 Å². The van der Waals surface area contributed by atoms with Crippen LogP contribution in [0.15, 0.2) is 146 Å². The maximum absolute atomic E-state index is 12.8. The van der Waals surface area contributed by atoms with Crippen molar-refractivity contribution in [3.8, 4) is 69.0 Å². The van der Waals surface area contributed by atoms with Gasteiger partial charge in [-0.2, -0.15) is 0 Å². The standard InChI is InChI=1S/C72H64O28/c1-89-41-13-5-37(6-14-41)69-45-21-47(55(95-31-63(77)78)25-53(45)93-29-61(73)74)70(38-7-15-42(90-2)16-8-38)49-23-51(59(99-35-67(85)86)27-57(49)97-33-65(81)82)72(40-11-19-44(92-4)20-12-40)52-24-50(58(98-34-66(83)84)28-60(52)100-36-68(87)88)71(39-9-17-43(91-3)18-10-39)48-22-46(69)54(94-30-62(75)76)26-56(48)96-32-64(79)80/h5-28,69-72H,29-36H2,1-4H3,(H,73,74)(H,75,76)(H,77,78)(H,79,80)(H,81,82)(H,83,84)(H,85,86)(H,87,88). The molecule has 1 aliphatic carbocycles. The predicted octanol–water partition coefficient (Wildman–Crippen LogP) is 8.46. The zero-order valence-electron chi connectivity index (χ0n) is 53.6. The number of carboxylic acids is 8. The van der Waals surface area contributed by atoms with Crippen LogP contribution in [0.2, 0.25) is 0 Å². The van der Waals surface area contributed by atoms with Crippen molar-refractivity contribution in [2.75, 3.05) is 81.3 Å². The third kappa shape index (κ3) is 17.2. The van der Waals surface area contributed by atoms with E-state index in [1.54, 1.807) is 97.1 Å². The van der Waals surface area contributed by atoms with Gasteiger partial charge in [-0.25, -0.2) is 38.4 Å². The van der Waals surface area contributed by atoms with Crippen LogP contribution in [0.25, 0.3) is 0 Å². The van der Waals surface area contributed by atoms with Gasteiger partial charge in [-0.1, -0.05) is 48.5 Å². The van der Waals surface area contributed by atoms with Crippen LogP contribution in [0.3, 0.4) is 0 Å². The third-order valence-electron chi connectivity index (χ3n) is 15.7. The monoisotopic (exact) mass is 1380 g/mol. The Balaban J connectivity index is 1.66. The minimum absolute atomic E-state index is 0.0283. The Morgan fingerprint density at radius 1 is 0.230 bits per heavy atom. The first kappa shape index (κ1) is 71.4. The Bertz CT molecular complexity index is 3630. The van der Waals surface area contributed by atoms with Crippen molar-refractivity contribution >= 4 is 47.8 Å². The summed E-state index contributed by atoms with van der Waals surface area (Å²) in [4.78, 5) is 103. The molecule has 0 unspecified atom stereocenters. The molecule has 8 N–H and O–H groups in total. The van der Waals surface area contributed by atoms with E-state index in [9.17, 15) is 79.2 Å². The number of carbonyl (C=O) groups is 8. The molecule has 0 atom stereocenters. The summed E-state index contributed by atoms with van der Waals surface area (Å²) in [6.45, 7) is -8.62. The number of methoxy groups -OCH3 is 4. The van der Waals surface area contributed by atoms with Gasteiger partial charge in [0, 0.05) is 92.4 Å². The van der Waals surface area contributed by atoms with E-state index in [2.05, 4.69) is 0 Å². The second kappa shape index (κ2) is 32.2. The molecule has 1 aliphatic rings. The number of carboxylic acid groups (broad SMARTS) is 8. The molecule has 0 radical (unpaired) electrons. The molecule has 0 saturated carbocycles. The molecule has 0 heterocycles. The number of hydrogen-bond acceptors (Lipinski definition) is 20. The van der Waals surface area contributed by atoms with Crippen molar-refractivity contribution in [1.82, 2.24) is 0 Å². The van der Waals surface area contributed by atoms with E-state index in [0.29, 0.717) is 23.0 Å². The average molecular weight is 1380 g/mol.